The minimum atomic E-state index is 0.288. The molecule has 21 heavy (non-hydrogen) atoms. The molecule has 0 saturated carbocycles. The zero-order valence-electron chi connectivity index (χ0n) is 11.8. The van der Waals surface area contributed by atoms with Gasteiger partial charge < -0.3 is 10.4 Å². The first-order valence-electron chi connectivity index (χ1n) is 7.30. The quantitative estimate of drug-likeness (QED) is 0.904. The van der Waals surface area contributed by atoms with E-state index in [1.54, 1.807) is 6.07 Å². The molecule has 1 atom stereocenters. The van der Waals surface area contributed by atoms with E-state index in [1.807, 2.05) is 36.4 Å². The Kier molecular flexibility index (Phi) is 3.89. The molecule has 0 saturated heterocycles. The molecule has 2 aromatic rings. The molecule has 1 unspecified atom stereocenters. The summed E-state index contributed by atoms with van der Waals surface area (Å²) in [4.78, 5) is 0. The fourth-order valence-electron chi connectivity index (χ4n) is 2.94. The second-order valence-electron chi connectivity index (χ2n) is 5.52. The van der Waals surface area contributed by atoms with E-state index in [2.05, 4.69) is 11.4 Å². The molecule has 3 nitrogen and oxygen atoms in total. The van der Waals surface area contributed by atoms with Gasteiger partial charge in [0.2, 0.25) is 0 Å². The van der Waals surface area contributed by atoms with Gasteiger partial charge in [0.15, 0.2) is 0 Å². The van der Waals surface area contributed by atoms with Gasteiger partial charge in [-0.2, -0.15) is 5.26 Å². The van der Waals surface area contributed by atoms with Crippen LogP contribution in [-0.2, 0) is 13.0 Å². The maximum absolute atomic E-state index is 9.69. The molecule has 2 N–H and O–H groups in total. The Morgan fingerprint density at radius 1 is 1.19 bits per heavy atom. The number of aryl methyl sites for hydroxylation is 1. The number of nitrogens with one attached hydrogen (secondary N) is 1. The third-order valence-corrected chi connectivity index (χ3v) is 4.08. The standard InChI is InChI=1S/C18H18N2O/c19-11-13-4-6-14(7-5-13)12-20-18-3-1-2-15-8-9-16(21)10-17(15)18/h4-10,18,20-21H,1-3,12H2. The van der Waals surface area contributed by atoms with Gasteiger partial charge in [0, 0.05) is 12.6 Å². The first-order chi connectivity index (χ1) is 10.3. The first-order valence-corrected chi connectivity index (χ1v) is 7.30. The minimum Gasteiger partial charge on any atom is -0.508 e. The highest BCUT2D eigenvalue weighted by Crippen LogP contribution is 2.32. The molecule has 2 aromatic carbocycles. The molecule has 3 heteroatoms. The minimum absolute atomic E-state index is 0.288. The van der Waals surface area contributed by atoms with Crippen LogP contribution in [0.3, 0.4) is 0 Å². The van der Waals surface area contributed by atoms with Crippen molar-refractivity contribution in [2.75, 3.05) is 0 Å². The number of rotatable bonds is 3. The number of hydrogen-bond donors (Lipinski definition) is 2. The van der Waals surface area contributed by atoms with E-state index < -0.39 is 0 Å². The fraction of sp³-hybridized carbons (Fsp3) is 0.278. The molecule has 0 aliphatic heterocycles. The number of fused-ring (bicyclic) bond motifs is 1. The van der Waals surface area contributed by atoms with Crippen LogP contribution in [0.1, 0.15) is 41.1 Å². The Morgan fingerprint density at radius 2 is 2.00 bits per heavy atom. The average molecular weight is 278 g/mol. The van der Waals surface area contributed by atoms with Crippen LogP contribution in [0.5, 0.6) is 5.75 Å². The topological polar surface area (TPSA) is 56.0 Å². The molecule has 0 fully saturated rings. The summed E-state index contributed by atoms with van der Waals surface area (Å²) in [6.07, 6.45) is 3.35. The first kappa shape index (κ1) is 13.7. The summed E-state index contributed by atoms with van der Waals surface area (Å²) >= 11 is 0. The summed E-state index contributed by atoms with van der Waals surface area (Å²) in [5.74, 6) is 0.334. The van der Waals surface area contributed by atoms with Crippen LogP contribution in [0.2, 0.25) is 0 Å². The molecule has 106 valence electrons. The number of phenols is 1. The van der Waals surface area contributed by atoms with Crippen LogP contribution in [-0.4, -0.2) is 5.11 Å². The van der Waals surface area contributed by atoms with Crippen LogP contribution >= 0.6 is 0 Å². The Balaban J connectivity index is 1.71. The van der Waals surface area contributed by atoms with E-state index in [1.165, 1.54) is 23.1 Å². The van der Waals surface area contributed by atoms with E-state index in [-0.39, 0.29) is 6.04 Å². The number of hydrogen-bond acceptors (Lipinski definition) is 3. The molecule has 1 aliphatic rings. The lowest BCUT2D eigenvalue weighted by molar-refractivity contribution is 0.446. The Labute approximate surface area is 124 Å². The zero-order chi connectivity index (χ0) is 14.7. The van der Waals surface area contributed by atoms with Crippen molar-refractivity contribution in [3.05, 3.63) is 64.7 Å². The van der Waals surface area contributed by atoms with Crippen LogP contribution < -0.4 is 5.32 Å². The summed E-state index contributed by atoms with van der Waals surface area (Å²) < 4.78 is 0. The Hall–Kier alpha value is -2.31. The molecule has 0 aromatic heterocycles. The predicted molar refractivity (Wildman–Crippen MR) is 81.8 cm³/mol. The van der Waals surface area contributed by atoms with Crippen molar-refractivity contribution in [1.82, 2.24) is 5.32 Å². The van der Waals surface area contributed by atoms with Crippen LogP contribution in [0.4, 0.5) is 0 Å². The lowest BCUT2D eigenvalue weighted by Gasteiger charge is -2.26. The number of benzene rings is 2. The SMILES string of the molecule is N#Cc1ccc(CNC2CCCc3ccc(O)cc32)cc1. The van der Waals surface area contributed by atoms with E-state index >= 15 is 0 Å². The number of nitriles is 1. The van der Waals surface area contributed by atoms with Crippen LogP contribution in [0.25, 0.3) is 0 Å². The van der Waals surface area contributed by atoms with Crippen molar-refractivity contribution >= 4 is 0 Å². The largest absolute Gasteiger partial charge is 0.508 e. The second-order valence-corrected chi connectivity index (χ2v) is 5.52. The molecule has 0 bridgehead atoms. The number of aromatic hydroxyl groups is 1. The van der Waals surface area contributed by atoms with Gasteiger partial charge in [-0.15, -0.1) is 0 Å². The predicted octanol–water partition coefficient (Wildman–Crippen LogP) is 3.43. The molecule has 0 amide bonds. The number of nitrogens with zero attached hydrogens (tertiary/aromatic N) is 1. The van der Waals surface area contributed by atoms with Crippen molar-refractivity contribution in [3.63, 3.8) is 0 Å². The Bertz CT molecular complexity index is 671. The monoisotopic (exact) mass is 278 g/mol. The van der Waals surface area contributed by atoms with Crippen molar-refractivity contribution in [2.45, 2.75) is 31.8 Å². The van der Waals surface area contributed by atoms with Crippen LogP contribution in [0, 0.1) is 11.3 Å². The molecule has 0 radical (unpaired) electrons. The van der Waals surface area contributed by atoms with E-state index in [9.17, 15) is 5.11 Å². The maximum atomic E-state index is 9.69. The molecule has 0 heterocycles. The number of phenolic OH excluding ortho intramolecular Hbond substituents is 1. The molecular weight excluding hydrogens is 260 g/mol. The van der Waals surface area contributed by atoms with E-state index in [0.717, 1.165) is 19.4 Å². The molecule has 0 spiro atoms. The molecule has 3 rings (SSSR count). The van der Waals surface area contributed by atoms with Gasteiger partial charge in [-0.05, 0) is 60.2 Å². The summed E-state index contributed by atoms with van der Waals surface area (Å²) in [7, 11) is 0. The van der Waals surface area contributed by atoms with Gasteiger partial charge in [-0.25, -0.2) is 0 Å². The van der Waals surface area contributed by atoms with Crippen molar-refractivity contribution < 1.29 is 5.11 Å². The highest BCUT2D eigenvalue weighted by atomic mass is 16.3. The van der Waals surface area contributed by atoms with Gasteiger partial charge in [-0.3, -0.25) is 0 Å². The fourth-order valence-corrected chi connectivity index (χ4v) is 2.94. The molecule has 1 aliphatic carbocycles. The third kappa shape index (κ3) is 3.07. The summed E-state index contributed by atoms with van der Waals surface area (Å²) in [5.41, 5.74) is 4.40. The molecular formula is C18H18N2O. The van der Waals surface area contributed by atoms with Gasteiger partial charge in [-0.1, -0.05) is 18.2 Å². The highest BCUT2D eigenvalue weighted by Gasteiger charge is 2.20. The maximum Gasteiger partial charge on any atom is 0.115 e. The van der Waals surface area contributed by atoms with Gasteiger partial charge in [0.1, 0.15) is 5.75 Å². The van der Waals surface area contributed by atoms with Crippen LogP contribution in [0.15, 0.2) is 42.5 Å². The lowest BCUT2D eigenvalue weighted by atomic mass is 9.87. The normalized spacial score (nSPS) is 17.0. The second kappa shape index (κ2) is 5.99. The highest BCUT2D eigenvalue weighted by molar-refractivity contribution is 5.38. The van der Waals surface area contributed by atoms with Gasteiger partial charge in [0.05, 0.1) is 11.6 Å². The third-order valence-electron chi connectivity index (χ3n) is 4.08. The van der Waals surface area contributed by atoms with Crippen molar-refractivity contribution in [3.8, 4) is 11.8 Å². The summed E-state index contributed by atoms with van der Waals surface area (Å²) in [6.45, 7) is 0.769. The summed E-state index contributed by atoms with van der Waals surface area (Å²) in [6, 6.07) is 15.8. The smallest absolute Gasteiger partial charge is 0.115 e. The summed E-state index contributed by atoms with van der Waals surface area (Å²) in [5, 5.41) is 22.1. The average Bonchev–Trinajstić information content (AvgIpc) is 2.53. The van der Waals surface area contributed by atoms with Crippen molar-refractivity contribution in [2.24, 2.45) is 0 Å². The zero-order valence-corrected chi connectivity index (χ0v) is 11.8. The van der Waals surface area contributed by atoms with Gasteiger partial charge >= 0.3 is 0 Å². The Morgan fingerprint density at radius 3 is 2.76 bits per heavy atom. The van der Waals surface area contributed by atoms with E-state index in [0.29, 0.717) is 11.3 Å². The van der Waals surface area contributed by atoms with Gasteiger partial charge in [0.25, 0.3) is 0 Å². The van der Waals surface area contributed by atoms with Crippen molar-refractivity contribution in [1.29, 1.82) is 5.26 Å². The van der Waals surface area contributed by atoms with E-state index in [4.69, 9.17) is 5.26 Å². The lowest BCUT2D eigenvalue weighted by Crippen LogP contribution is -2.24.